The number of hydrogen-bond donors (Lipinski definition) is 0. The molecule has 4 rings (SSSR count). The highest BCUT2D eigenvalue weighted by Gasteiger charge is 2.52. The molecule has 5 nitrogen and oxygen atoms in total. The van der Waals surface area contributed by atoms with E-state index in [9.17, 15) is 4.79 Å². The number of nitrogens with zero attached hydrogens (tertiary/aromatic N) is 3. The number of hydrogen-bond acceptors (Lipinski definition) is 6. The van der Waals surface area contributed by atoms with Crippen molar-refractivity contribution in [3.8, 4) is 0 Å². The van der Waals surface area contributed by atoms with E-state index in [0.29, 0.717) is 12.0 Å². The lowest BCUT2D eigenvalue weighted by Gasteiger charge is -2.41. The van der Waals surface area contributed by atoms with E-state index < -0.39 is 5.54 Å². The summed E-state index contributed by atoms with van der Waals surface area (Å²) >= 11 is 1.78. The van der Waals surface area contributed by atoms with Crippen molar-refractivity contribution in [2.24, 2.45) is 16.8 Å². The topological polar surface area (TPSA) is 45.1 Å². The van der Waals surface area contributed by atoms with Crippen LogP contribution in [0.2, 0.25) is 0 Å². The van der Waals surface area contributed by atoms with Gasteiger partial charge in [-0.3, -0.25) is 4.99 Å². The molecule has 1 aliphatic heterocycles. The van der Waals surface area contributed by atoms with Crippen LogP contribution in [-0.2, 0) is 22.4 Å². The molecule has 1 aliphatic carbocycles. The predicted molar refractivity (Wildman–Crippen MR) is 169 cm³/mol. The first-order valence-electron chi connectivity index (χ1n) is 15.1. The molecular formula is C34H49N3O2S. The first-order chi connectivity index (χ1) is 19.5. The number of rotatable bonds is 14. The van der Waals surface area contributed by atoms with Gasteiger partial charge in [0.05, 0.1) is 19.5 Å². The normalized spacial score (nSPS) is 25.3. The largest absolute Gasteiger partial charge is 0.467 e. The van der Waals surface area contributed by atoms with Crippen molar-refractivity contribution >= 4 is 24.1 Å². The van der Waals surface area contributed by atoms with Crippen molar-refractivity contribution < 1.29 is 9.53 Å². The summed E-state index contributed by atoms with van der Waals surface area (Å²) in [6.07, 6.45) is 14.0. The van der Waals surface area contributed by atoms with Gasteiger partial charge >= 0.3 is 5.97 Å². The molecule has 0 bridgehead atoms. The number of aliphatic imine (C=N–C) groups is 1. The molecule has 6 heteroatoms. The highest BCUT2D eigenvalue weighted by molar-refractivity contribution is 7.98. The van der Waals surface area contributed by atoms with E-state index in [4.69, 9.17) is 9.73 Å². The fraction of sp³-hybridized carbons (Fsp3) is 0.588. The van der Waals surface area contributed by atoms with E-state index in [0.717, 1.165) is 43.9 Å². The Kier molecular flexibility index (Phi) is 11.5. The molecule has 0 radical (unpaired) electrons. The van der Waals surface area contributed by atoms with Gasteiger partial charge in [-0.05, 0) is 94.0 Å². The molecule has 2 aliphatic rings. The van der Waals surface area contributed by atoms with E-state index >= 15 is 0 Å². The van der Waals surface area contributed by atoms with Gasteiger partial charge in [-0.15, -0.1) is 0 Å². The van der Waals surface area contributed by atoms with Crippen LogP contribution in [0.4, 0.5) is 0 Å². The minimum atomic E-state index is -0.798. The average Bonchev–Trinajstić information content (AvgIpc) is 3.34. The Balaban J connectivity index is 1.42. The van der Waals surface area contributed by atoms with Gasteiger partial charge in [0.1, 0.15) is 0 Å². The van der Waals surface area contributed by atoms with E-state index in [1.807, 2.05) is 6.34 Å². The third-order valence-electron chi connectivity index (χ3n) is 9.34. The maximum absolute atomic E-state index is 13.3. The first kappa shape index (κ1) is 30.6. The zero-order chi connectivity index (χ0) is 28.4. The third kappa shape index (κ3) is 7.70. The maximum Gasteiger partial charge on any atom is 0.336 e. The molecule has 1 fully saturated rings. The second kappa shape index (κ2) is 15.1. The second-order valence-corrected chi connectivity index (χ2v) is 12.9. The molecule has 2 aromatic carbocycles. The summed E-state index contributed by atoms with van der Waals surface area (Å²) in [7, 11) is 6.02. The van der Waals surface area contributed by atoms with Crippen LogP contribution in [0.25, 0.3) is 0 Å². The minimum absolute atomic E-state index is 0.0556. The Hall–Kier alpha value is -2.31. The van der Waals surface area contributed by atoms with Crippen LogP contribution in [0.3, 0.4) is 0 Å². The average molecular weight is 564 g/mol. The van der Waals surface area contributed by atoms with Crippen LogP contribution in [0.5, 0.6) is 0 Å². The molecule has 218 valence electrons. The molecular weight excluding hydrogens is 514 g/mol. The number of esters is 1. The summed E-state index contributed by atoms with van der Waals surface area (Å²) in [5.41, 5.74) is 1.96. The molecule has 0 amide bonds. The molecule has 0 spiro atoms. The van der Waals surface area contributed by atoms with Crippen LogP contribution in [0, 0.1) is 11.8 Å². The van der Waals surface area contributed by atoms with Gasteiger partial charge in [0.2, 0.25) is 0 Å². The van der Waals surface area contributed by atoms with Crippen LogP contribution in [0.15, 0.2) is 65.7 Å². The third-order valence-corrected chi connectivity index (χ3v) is 9.96. The summed E-state index contributed by atoms with van der Waals surface area (Å²) in [6, 6.07) is 22.2. The fourth-order valence-electron chi connectivity index (χ4n) is 7.02. The number of carbonyl (C=O) groups is 1. The minimum Gasteiger partial charge on any atom is -0.467 e. The summed E-state index contributed by atoms with van der Waals surface area (Å²) < 4.78 is 5.41. The molecule has 0 aromatic heterocycles. The smallest absolute Gasteiger partial charge is 0.336 e. The molecule has 3 unspecified atom stereocenters. The Labute approximate surface area is 246 Å². The highest BCUT2D eigenvalue weighted by atomic mass is 32.2. The van der Waals surface area contributed by atoms with Gasteiger partial charge in [-0.25, -0.2) is 4.79 Å². The Morgan fingerprint density at radius 2 is 1.65 bits per heavy atom. The van der Waals surface area contributed by atoms with Crippen molar-refractivity contribution in [1.82, 2.24) is 9.80 Å². The van der Waals surface area contributed by atoms with Gasteiger partial charge in [-0.1, -0.05) is 73.5 Å². The van der Waals surface area contributed by atoms with Gasteiger partial charge in [0, 0.05) is 12.6 Å². The number of ether oxygens (including phenoxy) is 1. The number of carbonyl (C=O) groups excluding carboxylic acids is 1. The predicted octanol–water partition coefficient (Wildman–Crippen LogP) is 6.37. The standard InChI is InChI=1S/C34H49N3O2S/c1-36(2)31(20-17-27-11-7-5-8-12-27)30-18-15-29(16-19-30)25-32-34(22-24-40-4,33(38)39-3)35-26-37(32)23-21-28-13-9-6-10-14-28/h5-14,26,29-32H,15-25H2,1-4H3. The molecule has 1 saturated carbocycles. The highest BCUT2D eigenvalue weighted by Crippen LogP contribution is 2.41. The van der Waals surface area contributed by atoms with E-state index in [1.165, 1.54) is 50.3 Å². The van der Waals surface area contributed by atoms with Crippen LogP contribution in [0.1, 0.15) is 56.1 Å². The lowest BCUT2D eigenvalue weighted by atomic mass is 9.72. The summed E-state index contributed by atoms with van der Waals surface area (Å²) in [4.78, 5) is 23.1. The molecule has 2 aromatic rings. The lowest BCUT2D eigenvalue weighted by molar-refractivity contribution is -0.148. The molecule has 1 heterocycles. The van der Waals surface area contributed by atoms with Crippen molar-refractivity contribution in [3.63, 3.8) is 0 Å². The number of methoxy groups -OCH3 is 1. The van der Waals surface area contributed by atoms with Crippen LogP contribution < -0.4 is 0 Å². The van der Waals surface area contributed by atoms with Gasteiger partial charge in [0.15, 0.2) is 5.54 Å². The number of aryl methyl sites for hydroxylation is 1. The first-order valence-corrected chi connectivity index (χ1v) is 16.5. The zero-order valence-electron chi connectivity index (χ0n) is 25.0. The maximum atomic E-state index is 13.3. The fourth-order valence-corrected chi connectivity index (χ4v) is 7.54. The molecule has 0 N–H and O–H groups in total. The Morgan fingerprint density at radius 3 is 2.23 bits per heavy atom. The van der Waals surface area contributed by atoms with Gasteiger partial charge < -0.3 is 14.5 Å². The number of thioether (sulfide) groups is 1. The van der Waals surface area contributed by atoms with E-state index in [2.05, 4.69) is 90.8 Å². The molecule has 3 atom stereocenters. The van der Waals surface area contributed by atoms with Crippen molar-refractivity contribution in [2.45, 2.75) is 75.4 Å². The monoisotopic (exact) mass is 563 g/mol. The summed E-state index contributed by atoms with van der Waals surface area (Å²) in [5.74, 6) is 2.06. The van der Waals surface area contributed by atoms with Crippen molar-refractivity contribution in [3.05, 3.63) is 71.8 Å². The van der Waals surface area contributed by atoms with Crippen molar-refractivity contribution in [1.29, 1.82) is 0 Å². The van der Waals surface area contributed by atoms with E-state index in [1.54, 1.807) is 11.8 Å². The number of benzene rings is 2. The Bertz CT molecular complexity index is 1060. The lowest BCUT2D eigenvalue weighted by Crippen LogP contribution is -2.53. The van der Waals surface area contributed by atoms with Gasteiger partial charge in [-0.2, -0.15) is 11.8 Å². The van der Waals surface area contributed by atoms with Gasteiger partial charge in [0.25, 0.3) is 0 Å². The quantitative estimate of drug-likeness (QED) is 0.250. The SMILES string of the molecule is COC(=O)C1(CCSC)N=CN(CCc2ccccc2)C1CC1CCC(C(CCc2ccccc2)N(C)C)CC1. The van der Waals surface area contributed by atoms with E-state index in [-0.39, 0.29) is 12.0 Å². The summed E-state index contributed by atoms with van der Waals surface area (Å²) in [5, 5.41) is 0. The van der Waals surface area contributed by atoms with Crippen LogP contribution >= 0.6 is 11.8 Å². The zero-order valence-corrected chi connectivity index (χ0v) is 25.8. The summed E-state index contributed by atoms with van der Waals surface area (Å²) in [6.45, 7) is 0.869. The van der Waals surface area contributed by atoms with Crippen LogP contribution in [-0.4, -0.2) is 79.5 Å². The van der Waals surface area contributed by atoms with Crippen molar-refractivity contribution in [2.75, 3.05) is 39.8 Å². The molecule has 40 heavy (non-hydrogen) atoms. The molecule has 0 saturated heterocycles. The second-order valence-electron chi connectivity index (χ2n) is 12.0. The Morgan fingerprint density at radius 1 is 1.02 bits per heavy atom.